The van der Waals surface area contributed by atoms with Crippen LogP contribution in [0.2, 0.25) is 0 Å². The maximum atomic E-state index is 14.9. The summed E-state index contributed by atoms with van der Waals surface area (Å²) in [6.07, 6.45) is 7.52. The molecule has 2 aromatic heterocycles. The number of fused-ring (bicyclic) bond motifs is 1. The number of carbonyl (C=O) groups is 2. The highest BCUT2D eigenvalue weighted by Crippen LogP contribution is 2.36. The third kappa shape index (κ3) is 4.75. The van der Waals surface area contributed by atoms with Crippen molar-refractivity contribution in [1.29, 1.82) is 0 Å². The van der Waals surface area contributed by atoms with Gasteiger partial charge in [-0.25, -0.2) is 4.39 Å². The number of ether oxygens (including phenoxy) is 1. The van der Waals surface area contributed by atoms with Gasteiger partial charge in [-0.1, -0.05) is 12.6 Å². The maximum Gasteiger partial charge on any atom is 0.254 e. The molecule has 0 N–H and O–H groups in total. The number of hydrogen-bond acceptors (Lipinski definition) is 5. The molecule has 0 saturated carbocycles. The van der Waals surface area contributed by atoms with Gasteiger partial charge in [0, 0.05) is 62.0 Å². The maximum absolute atomic E-state index is 14.9. The van der Waals surface area contributed by atoms with Crippen molar-refractivity contribution in [1.82, 2.24) is 24.6 Å². The van der Waals surface area contributed by atoms with Crippen molar-refractivity contribution < 1.29 is 18.7 Å². The number of hydrogen-bond donors (Lipinski definition) is 0. The number of aromatic nitrogens is 3. The lowest BCUT2D eigenvalue weighted by molar-refractivity contribution is -0.125. The first-order chi connectivity index (χ1) is 19.4. The molecule has 9 heteroatoms. The molecule has 0 spiro atoms. The van der Waals surface area contributed by atoms with Crippen molar-refractivity contribution in [2.24, 2.45) is 0 Å². The van der Waals surface area contributed by atoms with Crippen molar-refractivity contribution in [3.63, 3.8) is 0 Å². The summed E-state index contributed by atoms with van der Waals surface area (Å²) < 4.78 is 22.7. The van der Waals surface area contributed by atoms with Gasteiger partial charge in [0.05, 0.1) is 6.04 Å². The molecule has 4 aromatic rings. The van der Waals surface area contributed by atoms with Gasteiger partial charge >= 0.3 is 0 Å². The number of likely N-dealkylation sites (tertiary alicyclic amines) is 1. The highest BCUT2D eigenvalue weighted by molar-refractivity contribution is 5.98. The van der Waals surface area contributed by atoms with E-state index in [1.54, 1.807) is 47.4 Å². The Morgan fingerprint density at radius 1 is 1.12 bits per heavy atom. The Labute approximate surface area is 231 Å². The van der Waals surface area contributed by atoms with Gasteiger partial charge in [0.2, 0.25) is 5.91 Å². The Hall–Kier alpha value is -4.79. The van der Waals surface area contributed by atoms with Crippen LogP contribution in [0.25, 0.3) is 22.4 Å². The van der Waals surface area contributed by atoms with Gasteiger partial charge in [-0.2, -0.15) is 5.10 Å². The lowest BCUT2D eigenvalue weighted by Crippen LogP contribution is -2.27. The molecule has 2 amide bonds. The summed E-state index contributed by atoms with van der Waals surface area (Å²) in [4.78, 5) is 31.9. The normalized spacial score (nSPS) is 16.4. The molecule has 0 unspecified atom stereocenters. The molecule has 8 nitrogen and oxygen atoms in total. The first-order valence-electron chi connectivity index (χ1n) is 13.1. The van der Waals surface area contributed by atoms with Crippen LogP contribution in [0, 0.1) is 5.82 Å². The largest absolute Gasteiger partial charge is 0.486 e. The minimum Gasteiger partial charge on any atom is -0.486 e. The lowest BCUT2D eigenvalue weighted by atomic mass is 10.0. The Bertz CT molecular complexity index is 1620. The summed E-state index contributed by atoms with van der Waals surface area (Å²) in [7, 11) is 1.77. The molecule has 202 valence electrons. The van der Waals surface area contributed by atoms with E-state index in [4.69, 9.17) is 9.84 Å². The molecule has 6 rings (SSSR count). The second-order valence-electron chi connectivity index (χ2n) is 10.1. The van der Waals surface area contributed by atoms with E-state index in [0.29, 0.717) is 36.5 Å². The highest BCUT2D eigenvalue weighted by atomic mass is 19.1. The molecule has 0 bridgehead atoms. The third-order valence-electron chi connectivity index (χ3n) is 7.50. The van der Waals surface area contributed by atoms with E-state index in [2.05, 4.69) is 11.6 Å². The van der Waals surface area contributed by atoms with Crippen molar-refractivity contribution >= 4 is 11.8 Å². The number of carbonyl (C=O) groups excluding carboxylic acids is 2. The van der Waals surface area contributed by atoms with Crippen LogP contribution in [-0.2, 0) is 17.9 Å². The topological polar surface area (TPSA) is 80.6 Å². The van der Waals surface area contributed by atoms with Crippen LogP contribution in [0.15, 0.2) is 79.8 Å². The number of rotatable bonds is 7. The van der Waals surface area contributed by atoms with Crippen LogP contribution < -0.4 is 4.74 Å². The quantitative estimate of drug-likeness (QED) is 0.314. The molecule has 2 aliphatic heterocycles. The number of amides is 2. The molecule has 1 fully saturated rings. The molecule has 2 aliphatic rings. The zero-order valence-corrected chi connectivity index (χ0v) is 22.1. The molecular formula is C31H28FN5O3. The molecule has 0 aliphatic carbocycles. The molecule has 4 heterocycles. The summed E-state index contributed by atoms with van der Waals surface area (Å²) in [5.74, 6) is -0.445. The average molecular weight is 538 g/mol. The zero-order chi connectivity index (χ0) is 27.8. The van der Waals surface area contributed by atoms with E-state index in [-0.39, 0.29) is 30.2 Å². The highest BCUT2D eigenvalue weighted by Gasteiger charge is 2.28. The number of benzene rings is 2. The van der Waals surface area contributed by atoms with Crippen LogP contribution in [0.4, 0.5) is 4.39 Å². The minimum atomic E-state index is -0.473. The molecule has 1 atom stereocenters. The fourth-order valence-corrected chi connectivity index (χ4v) is 5.35. The van der Waals surface area contributed by atoms with E-state index >= 15 is 0 Å². The lowest BCUT2D eigenvalue weighted by Gasteiger charge is -2.14. The Morgan fingerprint density at radius 2 is 1.95 bits per heavy atom. The van der Waals surface area contributed by atoms with Gasteiger partial charge in [-0.3, -0.25) is 19.3 Å². The monoisotopic (exact) mass is 537 g/mol. The predicted molar refractivity (Wildman–Crippen MR) is 148 cm³/mol. The van der Waals surface area contributed by atoms with Gasteiger partial charge in [0.15, 0.2) is 11.6 Å². The van der Waals surface area contributed by atoms with Crippen molar-refractivity contribution in [2.45, 2.75) is 25.6 Å². The number of halogens is 1. The van der Waals surface area contributed by atoms with Crippen molar-refractivity contribution in [2.75, 3.05) is 20.1 Å². The summed E-state index contributed by atoms with van der Waals surface area (Å²) in [6, 6.07) is 14.1. The summed E-state index contributed by atoms with van der Waals surface area (Å²) in [5.41, 5.74) is 5.68. The fourth-order valence-electron chi connectivity index (χ4n) is 5.35. The smallest absolute Gasteiger partial charge is 0.254 e. The Balaban J connectivity index is 1.29. The standard InChI is InChI=1S/C31H28FN5O3/c1-3-29(38)36-13-10-24(17-36)37-18-26(21-8-11-33-12-9-21)30(34-37)22-5-7-27(32)28(15-22)40-19-20-4-6-25-23(14-20)16-35(2)31(25)39/h3-9,11-12,14-15,18,24H,1,10,13,16-17,19H2,2H3/t24-/m0/s1. The molecule has 2 aromatic carbocycles. The molecule has 1 saturated heterocycles. The first-order valence-corrected chi connectivity index (χ1v) is 13.1. The van der Waals surface area contributed by atoms with Crippen LogP contribution in [0.3, 0.4) is 0 Å². The number of pyridine rings is 1. The summed E-state index contributed by atoms with van der Waals surface area (Å²) in [6.45, 7) is 5.48. The minimum absolute atomic E-state index is 0.00303. The number of nitrogens with zero attached hydrogens (tertiary/aromatic N) is 5. The van der Waals surface area contributed by atoms with E-state index in [1.807, 2.05) is 35.1 Å². The average Bonchev–Trinajstić information content (AvgIpc) is 3.70. The third-order valence-corrected chi connectivity index (χ3v) is 7.50. The van der Waals surface area contributed by atoms with E-state index in [0.717, 1.165) is 28.7 Å². The second kappa shape index (κ2) is 10.4. The SMILES string of the molecule is C=CC(=O)N1CC[C@H](n2cc(-c3ccncc3)c(-c3ccc(F)c(OCc4ccc5c(c4)CN(C)C5=O)c3)n2)C1. The van der Waals surface area contributed by atoms with Gasteiger partial charge < -0.3 is 14.5 Å². The van der Waals surface area contributed by atoms with E-state index in [9.17, 15) is 14.0 Å². The Kier molecular flexibility index (Phi) is 6.63. The van der Waals surface area contributed by atoms with Crippen LogP contribution >= 0.6 is 0 Å². The summed E-state index contributed by atoms with van der Waals surface area (Å²) >= 11 is 0. The summed E-state index contributed by atoms with van der Waals surface area (Å²) in [5, 5.41) is 4.92. The molecule has 40 heavy (non-hydrogen) atoms. The Morgan fingerprint density at radius 3 is 2.75 bits per heavy atom. The van der Waals surface area contributed by atoms with E-state index in [1.165, 1.54) is 12.1 Å². The fraction of sp³-hybridized carbons (Fsp3) is 0.226. The van der Waals surface area contributed by atoms with Crippen LogP contribution in [-0.4, -0.2) is 56.5 Å². The van der Waals surface area contributed by atoms with Gasteiger partial charge in [-0.15, -0.1) is 0 Å². The van der Waals surface area contributed by atoms with Gasteiger partial charge in [0.1, 0.15) is 12.3 Å². The molecule has 0 radical (unpaired) electrons. The molecular weight excluding hydrogens is 509 g/mol. The first kappa shape index (κ1) is 25.5. The van der Waals surface area contributed by atoms with Gasteiger partial charge in [-0.05, 0) is 71.7 Å². The second-order valence-corrected chi connectivity index (χ2v) is 10.1. The van der Waals surface area contributed by atoms with Crippen molar-refractivity contribution in [3.8, 4) is 28.1 Å². The van der Waals surface area contributed by atoms with Crippen LogP contribution in [0.1, 0.15) is 33.9 Å². The van der Waals surface area contributed by atoms with E-state index < -0.39 is 5.82 Å². The van der Waals surface area contributed by atoms with Crippen LogP contribution in [0.5, 0.6) is 5.75 Å². The predicted octanol–water partition coefficient (Wildman–Crippen LogP) is 4.88. The van der Waals surface area contributed by atoms with Gasteiger partial charge in [0.25, 0.3) is 5.91 Å². The zero-order valence-electron chi connectivity index (χ0n) is 22.1. The van der Waals surface area contributed by atoms with Crippen molar-refractivity contribution in [3.05, 3.63) is 102 Å².